The van der Waals surface area contributed by atoms with Crippen LogP contribution in [0.2, 0.25) is 0 Å². The van der Waals surface area contributed by atoms with E-state index in [0.29, 0.717) is 4.60 Å². The fraction of sp³-hybridized carbons (Fsp3) is 0.250. The van der Waals surface area contributed by atoms with Crippen LogP contribution in [0.4, 0.5) is 5.69 Å². The molecule has 0 radical (unpaired) electrons. The van der Waals surface area contributed by atoms with Gasteiger partial charge in [0.2, 0.25) is 5.91 Å². The molecule has 0 N–H and O–H groups in total. The maximum absolute atomic E-state index is 11.3. The Bertz CT molecular complexity index is 576. The van der Waals surface area contributed by atoms with Gasteiger partial charge in [-0.05, 0) is 35.0 Å². The molecule has 0 bridgehead atoms. The first-order chi connectivity index (χ1) is 8.49. The van der Waals surface area contributed by atoms with Gasteiger partial charge < -0.3 is 4.90 Å². The Morgan fingerprint density at radius 1 is 1.44 bits per heavy atom. The van der Waals surface area contributed by atoms with E-state index in [1.54, 1.807) is 24.1 Å². The summed E-state index contributed by atoms with van der Waals surface area (Å²) in [6.45, 7) is 3.44. The molecule has 0 spiro atoms. The zero-order valence-corrected chi connectivity index (χ0v) is 12.0. The standard InChI is InChI=1S/C12H13BrN4O/c1-8-4-5-10(6-14-8)17-7-11(12(13)15-17)16(3)9(2)18/h4-7H,1-3H3. The molecule has 0 aliphatic heterocycles. The molecule has 94 valence electrons. The lowest BCUT2D eigenvalue weighted by atomic mass is 10.3. The van der Waals surface area contributed by atoms with E-state index in [2.05, 4.69) is 26.0 Å². The lowest BCUT2D eigenvalue weighted by Gasteiger charge is -2.11. The predicted molar refractivity (Wildman–Crippen MR) is 72.9 cm³/mol. The number of hydrogen-bond acceptors (Lipinski definition) is 3. The highest BCUT2D eigenvalue weighted by Gasteiger charge is 2.14. The second-order valence-electron chi connectivity index (χ2n) is 3.99. The average Bonchev–Trinajstić information content (AvgIpc) is 2.71. The molecule has 0 aliphatic rings. The maximum atomic E-state index is 11.3. The van der Waals surface area contributed by atoms with E-state index >= 15 is 0 Å². The molecule has 0 atom stereocenters. The van der Waals surface area contributed by atoms with Gasteiger partial charge >= 0.3 is 0 Å². The molecule has 2 rings (SSSR count). The number of anilines is 1. The van der Waals surface area contributed by atoms with Crippen molar-refractivity contribution in [3.05, 3.63) is 34.8 Å². The molecule has 6 heteroatoms. The van der Waals surface area contributed by atoms with E-state index in [1.165, 1.54) is 11.8 Å². The van der Waals surface area contributed by atoms with Gasteiger partial charge in [0.25, 0.3) is 0 Å². The summed E-state index contributed by atoms with van der Waals surface area (Å²) in [6.07, 6.45) is 3.53. The first kappa shape index (κ1) is 12.8. The molecule has 0 unspecified atom stereocenters. The van der Waals surface area contributed by atoms with Crippen molar-refractivity contribution >= 4 is 27.5 Å². The predicted octanol–water partition coefficient (Wildman–Crippen LogP) is 2.32. The molecule has 0 aliphatic carbocycles. The monoisotopic (exact) mass is 308 g/mol. The summed E-state index contributed by atoms with van der Waals surface area (Å²) in [5.41, 5.74) is 2.53. The summed E-state index contributed by atoms with van der Waals surface area (Å²) in [5.74, 6) is -0.0442. The molecule has 5 nitrogen and oxygen atoms in total. The van der Waals surface area contributed by atoms with Crippen LogP contribution in [0.15, 0.2) is 29.1 Å². The van der Waals surface area contributed by atoms with Crippen LogP contribution in [0.25, 0.3) is 5.69 Å². The van der Waals surface area contributed by atoms with E-state index in [4.69, 9.17) is 0 Å². The number of halogens is 1. The topological polar surface area (TPSA) is 51.0 Å². The Morgan fingerprint density at radius 3 is 2.72 bits per heavy atom. The number of carbonyl (C=O) groups is 1. The summed E-state index contributed by atoms with van der Waals surface area (Å²) < 4.78 is 2.31. The molecule has 2 heterocycles. The number of nitrogens with zero attached hydrogens (tertiary/aromatic N) is 4. The molecule has 1 amide bonds. The minimum atomic E-state index is -0.0442. The summed E-state index contributed by atoms with van der Waals surface area (Å²) in [4.78, 5) is 17.1. The van der Waals surface area contributed by atoms with Crippen LogP contribution in [-0.4, -0.2) is 27.7 Å². The van der Waals surface area contributed by atoms with Crippen LogP contribution >= 0.6 is 15.9 Å². The Hall–Kier alpha value is -1.69. The SMILES string of the molecule is CC(=O)N(C)c1cn(-c2ccc(C)nc2)nc1Br. The number of hydrogen-bond donors (Lipinski definition) is 0. The summed E-state index contributed by atoms with van der Waals surface area (Å²) in [5, 5.41) is 4.31. The first-order valence-corrected chi connectivity index (χ1v) is 6.21. The molecule has 0 aromatic carbocycles. The first-order valence-electron chi connectivity index (χ1n) is 5.41. The second-order valence-corrected chi connectivity index (χ2v) is 4.74. The van der Waals surface area contributed by atoms with Gasteiger partial charge in [-0.3, -0.25) is 9.78 Å². The number of aromatic nitrogens is 3. The van der Waals surface area contributed by atoms with Crippen molar-refractivity contribution in [2.45, 2.75) is 13.8 Å². The Morgan fingerprint density at radius 2 is 2.17 bits per heavy atom. The van der Waals surface area contributed by atoms with E-state index in [1.807, 2.05) is 19.1 Å². The highest BCUT2D eigenvalue weighted by molar-refractivity contribution is 9.10. The Kier molecular flexibility index (Phi) is 3.47. The molecule has 18 heavy (non-hydrogen) atoms. The van der Waals surface area contributed by atoms with Crippen molar-refractivity contribution < 1.29 is 4.79 Å². The third kappa shape index (κ3) is 2.43. The lowest BCUT2D eigenvalue weighted by Crippen LogP contribution is -2.22. The van der Waals surface area contributed by atoms with Gasteiger partial charge in [-0.1, -0.05) is 0 Å². The van der Waals surface area contributed by atoms with Crippen LogP contribution < -0.4 is 4.90 Å². The molecule has 2 aromatic rings. The fourth-order valence-electron chi connectivity index (χ4n) is 1.47. The van der Waals surface area contributed by atoms with Crippen LogP contribution in [0.3, 0.4) is 0 Å². The van der Waals surface area contributed by atoms with Crippen molar-refractivity contribution in [2.75, 3.05) is 11.9 Å². The number of carbonyl (C=O) groups excluding carboxylic acids is 1. The van der Waals surface area contributed by atoms with Gasteiger partial charge in [0, 0.05) is 19.7 Å². The smallest absolute Gasteiger partial charge is 0.223 e. The number of aryl methyl sites for hydroxylation is 1. The summed E-state index contributed by atoms with van der Waals surface area (Å²) >= 11 is 3.35. The molecule has 0 saturated heterocycles. The third-order valence-corrected chi connectivity index (χ3v) is 3.21. The normalized spacial score (nSPS) is 10.4. The van der Waals surface area contributed by atoms with Crippen molar-refractivity contribution in [1.82, 2.24) is 14.8 Å². The number of rotatable bonds is 2. The zero-order valence-electron chi connectivity index (χ0n) is 10.4. The number of amides is 1. The molecule has 2 aromatic heterocycles. The highest BCUT2D eigenvalue weighted by atomic mass is 79.9. The maximum Gasteiger partial charge on any atom is 0.223 e. The zero-order chi connectivity index (χ0) is 13.3. The average molecular weight is 309 g/mol. The molecule has 0 fully saturated rings. The lowest BCUT2D eigenvalue weighted by molar-refractivity contribution is -0.116. The van der Waals surface area contributed by atoms with Gasteiger partial charge in [-0.15, -0.1) is 0 Å². The van der Waals surface area contributed by atoms with Crippen LogP contribution in [-0.2, 0) is 4.79 Å². The van der Waals surface area contributed by atoms with Gasteiger partial charge in [-0.2, -0.15) is 5.10 Å². The third-order valence-electron chi connectivity index (χ3n) is 2.65. The summed E-state index contributed by atoms with van der Waals surface area (Å²) in [6, 6.07) is 3.85. The van der Waals surface area contributed by atoms with Gasteiger partial charge in [0.15, 0.2) is 4.60 Å². The van der Waals surface area contributed by atoms with Crippen LogP contribution in [0, 0.1) is 6.92 Å². The quantitative estimate of drug-likeness (QED) is 0.855. The second kappa shape index (κ2) is 4.89. The largest absolute Gasteiger partial charge is 0.312 e. The van der Waals surface area contributed by atoms with E-state index < -0.39 is 0 Å². The van der Waals surface area contributed by atoms with Crippen molar-refractivity contribution in [2.24, 2.45) is 0 Å². The molecular formula is C12H13BrN4O. The van der Waals surface area contributed by atoms with Gasteiger partial charge in [0.1, 0.15) is 0 Å². The Labute approximate surface area is 114 Å². The highest BCUT2D eigenvalue weighted by Crippen LogP contribution is 2.25. The Balaban J connectivity index is 2.40. The minimum absolute atomic E-state index is 0.0442. The van der Waals surface area contributed by atoms with Crippen LogP contribution in [0.1, 0.15) is 12.6 Å². The van der Waals surface area contributed by atoms with Crippen molar-refractivity contribution in [1.29, 1.82) is 0 Å². The van der Waals surface area contributed by atoms with E-state index in [-0.39, 0.29) is 5.91 Å². The molecular weight excluding hydrogens is 296 g/mol. The molecule has 0 saturated carbocycles. The van der Waals surface area contributed by atoms with Crippen molar-refractivity contribution in [3.8, 4) is 5.69 Å². The number of pyridine rings is 1. The van der Waals surface area contributed by atoms with Gasteiger partial charge in [-0.25, -0.2) is 4.68 Å². The van der Waals surface area contributed by atoms with E-state index in [9.17, 15) is 4.79 Å². The summed E-state index contributed by atoms with van der Waals surface area (Å²) in [7, 11) is 1.71. The van der Waals surface area contributed by atoms with Gasteiger partial charge in [0.05, 0.1) is 23.8 Å². The van der Waals surface area contributed by atoms with E-state index in [0.717, 1.165) is 17.1 Å². The fourth-order valence-corrected chi connectivity index (χ4v) is 2.01. The minimum Gasteiger partial charge on any atom is -0.312 e. The van der Waals surface area contributed by atoms with Crippen LogP contribution in [0.5, 0.6) is 0 Å². The van der Waals surface area contributed by atoms with Crippen molar-refractivity contribution in [3.63, 3.8) is 0 Å².